The monoisotopic (exact) mass is 163 g/mol. The standard InChI is InChI=1S/C10H15N2/c1-2-4-10(5-3-1)12-8-6-11-7-9-12/h6-10H,1-5H2/q+1. The molecule has 0 spiro atoms. The van der Waals surface area contributed by atoms with Crippen LogP contribution in [0.25, 0.3) is 0 Å². The third kappa shape index (κ3) is 1.63. The van der Waals surface area contributed by atoms with E-state index in [1.165, 1.54) is 32.1 Å². The fourth-order valence-corrected chi connectivity index (χ4v) is 1.95. The van der Waals surface area contributed by atoms with E-state index in [4.69, 9.17) is 0 Å². The van der Waals surface area contributed by atoms with Crippen molar-refractivity contribution in [2.24, 2.45) is 0 Å². The van der Waals surface area contributed by atoms with Crippen molar-refractivity contribution in [2.45, 2.75) is 38.1 Å². The van der Waals surface area contributed by atoms with E-state index in [2.05, 4.69) is 21.9 Å². The van der Waals surface area contributed by atoms with E-state index >= 15 is 0 Å². The minimum Gasteiger partial charge on any atom is -0.252 e. The van der Waals surface area contributed by atoms with Crippen LogP contribution in [0.5, 0.6) is 0 Å². The molecule has 0 saturated heterocycles. The summed E-state index contributed by atoms with van der Waals surface area (Å²) < 4.78 is 2.30. The summed E-state index contributed by atoms with van der Waals surface area (Å²) in [6, 6.07) is 0.738. The third-order valence-corrected chi connectivity index (χ3v) is 2.65. The van der Waals surface area contributed by atoms with Gasteiger partial charge in [-0.05, 0) is 12.8 Å². The third-order valence-electron chi connectivity index (χ3n) is 2.65. The zero-order valence-corrected chi connectivity index (χ0v) is 7.32. The molecular weight excluding hydrogens is 148 g/mol. The normalized spacial score (nSPS) is 19.3. The fraction of sp³-hybridized carbons (Fsp3) is 0.600. The van der Waals surface area contributed by atoms with E-state index in [0.29, 0.717) is 0 Å². The maximum Gasteiger partial charge on any atom is 0.187 e. The van der Waals surface area contributed by atoms with Gasteiger partial charge in [0.25, 0.3) is 0 Å². The molecule has 0 N–H and O–H groups in total. The lowest BCUT2D eigenvalue weighted by Crippen LogP contribution is -2.39. The Hall–Kier alpha value is -0.920. The van der Waals surface area contributed by atoms with Crippen LogP contribution in [0.4, 0.5) is 0 Å². The molecule has 1 aromatic rings. The van der Waals surface area contributed by atoms with Crippen LogP contribution in [0.15, 0.2) is 24.8 Å². The summed E-state index contributed by atoms with van der Waals surface area (Å²) in [5.41, 5.74) is 0. The molecule has 1 aromatic heterocycles. The lowest BCUT2D eigenvalue weighted by atomic mass is 9.95. The second-order valence-corrected chi connectivity index (χ2v) is 3.48. The van der Waals surface area contributed by atoms with Crippen LogP contribution < -0.4 is 4.57 Å². The molecule has 0 bridgehead atoms. The van der Waals surface area contributed by atoms with Gasteiger partial charge in [0, 0.05) is 12.8 Å². The van der Waals surface area contributed by atoms with Gasteiger partial charge in [0.1, 0.15) is 0 Å². The van der Waals surface area contributed by atoms with Crippen LogP contribution in [-0.4, -0.2) is 4.98 Å². The molecule has 0 unspecified atom stereocenters. The number of hydrogen-bond acceptors (Lipinski definition) is 1. The lowest BCUT2D eigenvalue weighted by Gasteiger charge is -2.16. The first-order valence-corrected chi connectivity index (χ1v) is 4.77. The molecule has 0 atom stereocenters. The zero-order chi connectivity index (χ0) is 8.23. The molecule has 12 heavy (non-hydrogen) atoms. The molecule has 1 fully saturated rings. The first-order valence-electron chi connectivity index (χ1n) is 4.77. The van der Waals surface area contributed by atoms with Crippen molar-refractivity contribution in [1.29, 1.82) is 0 Å². The highest BCUT2D eigenvalue weighted by Crippen LogP contribution is 2.22. The van der Waals surface area contributed by atoms with Crippen molar-refractivity contribution in [1.82, 2.24) is 4.98 Å². The summed E-state index contributed by atoms with van der Waals surface area (Å²) in [5, 5.41) is 0. The first-order chi connectivity index (χ1) is 5.97. The Labute approximate surface area is 73.3 Å². The van der Waals surface area contributed by atoms with E-state index in [9.17, 15) is 0 Å². The molecule has 0 aromatic carbocycles. The van der Waals surface area contributed by atoms with Gasteiger partial charge in [-0.3, -0.25) is 4.98 Å². The van der Waals surface area contributed by atoms with Gasteiger partial charge in [0.05, 0.1) is 12.4 Å². The molecule has 2 rings (SSSR count). The van der Waals surface area contributed by atoms with Crippen LogP contribution in [0.3, 0.4) is 0 Å². The SMILES string of the molecule is c1c[n+](C2CCCCC2)ccn1. The van der Waals surface area contributed by atoms with Crippen molar-refractivity contribution >= 4 is 0 Å². The fourth-order valence-electron chi connectivity index (χ4n) is 1.95. The Morgan fingerprint density at radius 3 is 2.33 bits per heavy atom. The molecule has 2 nitrogen and oxygen atoms in total. The van der Waals surface area contributed by atoms with E-state index < -0.39 is 0 Å². The summed E-state index contributed by atoms with van der Waals surface area (Å²) in [7, 11) is 0. The maximum atomic E-state index is 4.02. The van der Waals surface area contributed by atoms with Crippen LogP contribution in [0.1, 0.15) is 38.1 Å². The number of rotatable bonds is 1. The largest absolute Gasteiger partial charge is 0.252 e. The van der Waals surface area contributed by atoms with E-state index in [0.717, 1.165) is 6.04 Å². The Morgan fingerprint density at radius 2 is 1.67 bits per heavy atom. The van der Waals surface area contributed by atoms with Crippen LogP contribution in [0.2, 0.25) is 0 Å². The Balaban J connectivity index is 2.08. The predicted octanol–water partition coefficient (Wildman–Crippen LogP) is 1.87. The van der Waals surface area contributed by atoms with Crippen molar-refractivity contribution in [3.63, 3.8) is 0 Å². The smallest absolute Gasteiger partial charge is 0.187 e. The van der Waals surface area contributed by atoms with E-state index in [-0.39, 0.29) is 0 Å². The highest BCUT2D eigenvalue weighted by atomic mass is 15.0. The average molecular weight is 163 g/mol. The number of aromatic nitrogens is 2. The molecule has 1 aliphatic carbocycles. The minimum absolute atomic E-state index is 0.738. The quantitative estimate of drug-likeness (QED) is 0.577. The second-order valence-electron chi connectivity index (χ2n) is 3.48. The molecule has 0 aliphatic heterocycles. The number of hydrogen-bond donors (Lipinski definition) is 0. The predicted molar refractivity (Wildman–Crippen MR) is 46.6 cm³/mol. The molecule has 0 amide bonds. The molecule has 1 saturated carbocycles. The molecule has 64 valence electrons. The summed E-state index contributed by atoms with van der Waals surface area (Å²) in [5.74, 6) is 0. The van der Waals surface area contributed by atoms with Gasteiger partial charge in [-0.2, -0.15) is 4.57 Å². The first kappa shape index (κ1) is 7.71. The summed E-state index contributed by atoms with van der Waals surface area (Å²) in [6.45, 7) is 0. The van der Waals surface area contributed by atoms with Gasteiger partial charge in [-0.25, -0.2) is 0 Å². The Morgan fingerprint density at radius 1 is 1.00 bits per heavy atom. The van der Waals surface area contributed by atoms with Crippen molar-refractivity contribution < 1.29 is 4.57 Å². The van der Waals surface area contributed by atoms with Crippen LogP contribution in [-0.2, 0) is 0 Å². The Bertz CT molecular complexity index is 227. The highest BCUT2D eigenvalue weighted by Gasteiger charge is 2.20. The van der Waals surface area contributed by atoms with Gasteiger partial charge in [-0.15, -0.1) is 0 Å². The van der Waals surface area contributed by atoms with Gasteiger partial charge in [0.2, 0.25) is 0 Å². The zero-order valence-electron chi connectivity index (χ0n) is 7.32. The van der Waals surface area contributed by atoms with E-state index in [1.807, 2.05) is 12.4 Å². The summed E-state index contributed by atoms with van der Waals surface area (Å²) >= 11 is 0. The topological polar surface area (TPSA) is 16.8 Å². The van der Waals surface area contributed by atoms with Gasteiger partial charge >= 0.3 is 0 Å². The van der Waals surface area contributed by atoms with Gasteiger partial charge in [0.15, 0.2) is 18.4 Å². The maximum absolute atomic E-state index is 4.02. The average Bonchev–Trinajstić information content (AvgIpc) is 2.21. The van der Waals surface area contributed by atoms with Crippen molar-refractivity contribution in [3.8, 4) is 0 Å². The summed E-state index contributed by atoms with van der Waals surface area (Å²) in [4.78, 5) is 4.02. The molecule has 1 heterocycles. The summed E-state index contributed by atoms with van der Waals surface area (Å²) in [6.07, 6.45) is 14.8. The van der Waals surface area contributed by atoms with Gasteiger partial charge < -0.3 is 0 Å². The molecule has 2 heteroatoms. The van der Waals surface area contributed by atoms with Crippen molar-refractivity contribution in [3.05, 3.63) is 24.8 Å². The molecule has 1 aliphatic rings. The molecule has 0 radical (unpaired) electrons. The van der Waals surface area contributed by atoms with Crippen LogP contribution >= 0.6 is 0 Å². The Kier molecular flexibility index (Phi) is 2.35. The van der Waals surface area contributed by atoms with Gasteiger partial charge in [-0.1, -0.05) is 6.42 Å². The molecular formula is C10H15N2+. The minimum atomic E-state index is 0.738. The van der Waals surface area contributed by atoms with Crippen molar-refractivity contribution in [2.75, 3.05) is 0 Å². The lowest BCUT2D eigenvalue weighted by molar-refractivity contribution is -0.726. The van der Waals surface area contributed by atoms with E-state index in [1.54, 1.807) is 0 Å². The number of nitrogens with zero attached hydrogens (tertiary/aromatic N) is 2. The highest BCUT2D eigenvalue weighted by molar-refractivity contribution is 4.67. The second kappa shape index (κ2) is 3.65. The van der Waals surface area contributed by atoms with Crippen LogP contribution in [0, 0.1) is 0 Å².